The Morgan fingerprint density at radius 2 is 1.00 bits per heavy atom. The molecule has 4 bridgehead atoms. The molecule has 0 aromatic heterocycles. The molecule has 4 atom stereocenters. The van der Waals surface area contributed by atoms with Crippen LogP contribution in [0.15, 0.2) is 0 Å². The third-order valence-electron chi connectivity index (χ3n) is 8.72. The van der Waals surface area contributed by atoms with Crippen LogP contribution in [-0.2, 0) is 21.7 Å². The third-order valence-corrected chi connectivity index (χ3v) is 8.72. The van der Waals surface area contributed by atoms with Gasteiger partial charge in [0.05, 0.1) is 0 Å². The maximum absolute atomic E-state index is 2.56. The Balaban J connectivity index is 0.000000202. The van der Waals surface area contributed by atoms with Gasteiger partial charge in [0, 0.05) is 0 Å². The fourth-order valence-corrected chi connectivity index (χ4v) is 5.61. The van der Waals surface area contributed by atoms with E-state index in [2.05, 4.69) is 54.4 Å². The summed E-state index contributed by atoms with van der Waals surface area (Å²) >= 11 is 0. The fraction of sp³-hybridized carbons (Fsp3) is 0.900. The predicted octanol–water partition coefficient (Wildman–Crippen LogP) is 5.25. The first-order chi connectivity index (χ1) is 9.12. The van der Waals surface area contributed by atoms with Gasteiger partial charge < -0.3 is 18.3 Å². The molecule has 0 aromatic carbocycles. The Kier molecular flexibility index (Phi) is 5.83. The topological polar surface area (TPSA) is 31.5 Å². The minimum Gasteiger partial charge on any atom is -0.412 e. The van der Waals surface area contributed by atoms with Gasteiger partial charge in [-0.1, -0.05) is 89.9 Å². The summed E-state index contributed by atoms with van der Waals surface area (Å²) in [4.78, 5) is 0. The molecule has 0 amide bonds. The van der Waals surface area contributed by atoms with Crippen molar-refractivity contribution in [1.29, 1.82) is 0 Å². The molecule has 2 N–H and O–H groups in total. The molecular formula is C20H36OTi. The van der Waals surface area contributed by atoms with Crippen molar-refractivity contribution in [1.82, 2.24) is 0 Å². The first-order valence-corrected chi connectivity index (χ1v) is 8.81. The van der Waals surface area contributed by atoms with E-state index in [1.165, 1.54) is 38.5 Å². The van der Waals surface area contributed by atoms with Gasteiger partial charge in [-0.2, -0.15) is 23.7 Å². The standard InChI is InChI=1S/2C10H17.H2O.Ti/c2*1-9(2)8-4-6-10(9,3)7-5-8;;/h2*6,8H,4-5,7H2,1-3H3;1H2;/q2*-1;;+2. The summed E-state index contributed by atoms with van der Waals surface area (Å²) in [5, 5.41) is 0. The summed E-state index contributed by atoms with van der Waals surface area (Å²) in [6, 6.07) is 0. The van der Waals surface area contributed by atoms with E-state index < -0.39 is 0 Å². The maximum Gasteiger partial charge on any atom is 2.00 e. The Morgan fingerprint density at radius 3 is 1.05 bits per heavy atom. The molecule has 126 valence electrons. The smallest absolute Gasteiger partial charge is 0.412 e. The van der Waals surface area contributed by atoms with Crippen LogP contribution in [0.4, 0.5) is 0 Å². The predicted molar refractivity (Wildman–Crippen MR) is 90.7 cm³/mol. The van der Waals surface area contributed by atoms with Crippen molar-refractivity contribution in [2.75, 3.05) is 0 Å². The van der Waals surface area contributed by atoms with E-state index in [-0.39, 0.29) is 27.2 Å². The Hall–Kier alpha value is 0.674. The summed E-state index contributed by atoms with van der Waals surface area (Å²) < 4.78 is 0. The van der Waals surface area contributed by atoms with Crippen molar-refractivity contribution in [2.45, 2.75) is 80.1 Å². The fourth-order valence-electron chi connectivity index (χ4n) is 5.61. The zero-order valence-corrected chi connectivity index (χ0v) is 17.1. The number of hydrogen-bond acceptors (Lipinski definition) is 0. The summed E-state index contributed by atoms with van der Waals surface area (Å²) in [6.07, 6.45) is 13.7. The van der Waals surface area contributed by atoms with Crippen molar-refractivity contribution < 1.29 is 27.2 Å². The van der Waals surface area contributed by atoms with Crippen molar-refractivity contribution >= 4 is 0 Å². The van der Waals surface area contributed by atoms with Gasteiger partial charge >= 0.3 is 21.7 Å². The summed E-state index contributed by atoms with van der Waals surface area (Å²) in [7, 11) is 0. The van der Waals surface area contributed by atoms with E-state index in [9.17, 15) is 0 Å². The molecule has 0 heterocycles. The first kappa shape index (κ1) is 20.7. The first-order valence-electron chi connectivity index (χ1n) is 8.81. The van der Waals surface area contributed by atoms with Crippen LogP contribution < -0.4 is 0 Å². The van der Waals surface area contributed by atoms with Gasteiger partial charge in [-0.05, 0) is 0 Å². The van der Waals surface area contributed by atoms with Crippen LogP contribution in [0.2, 0.25) is 0 Å². The number of hydrogen-bond donors (Lipinski definition) is 0. The Bertz CT molecular complexity index is 339. The van der Waals surface area contributed by atoms with Gasteiger partial charge in [0.15, 0.2) is 0 Å². The molecule has 4 rings (SSSR count). The quantitative estimate of drug-likeness (QED) is 0.426. The maximum atomic E-state index is 2.56. The van der Waals surface area contributed by atoms with Crippen LogP contribution in [0.3, 0.4) is 0 Å². The van der Waals surface area contributed by atoms with E-state index >= 15 is 0 Å². The summed E-state index contributed by atoms with van der Waals surface area (Å²) in [6.45, 7) is 14.6. The molecular weight excluding hydrogens is 304 g/mol. The average Bonchev–Trinajstić information content (AvgIpc) is 2.91. The number of rotatable bonds is 0. The minimum atomic E-state index is 0. The van der Waals surface area contributed by atoms with Gasteiger partial charge in [-0.3, -0.25) is 0 Å². The molecule has 4 aliphatic carbocycles. The van der Waals surface area contributed by atoms with Crippen LogP contribution in [0.1, 0.15) is 80.1 Å². The van der Waals surface area contributed by atoms with Crippen LogP contribution in [0.25, 0.3) is 0 Å². The molecule has 4 unspecified atom stereocenters. The van der Waals surface area contributed by atoms with Crippen molar-refractivity contribution in [3.8, 4) is 0 Å². The monoisotopic (exact) mass is 340 g/mol. The zero-order valence-electron chi connectivity index (χ0n) is 15.6. The van der Waals surface area contributed by atoms with Gasteiger partial charge in [-0.15, -0.1) is 0 Å². The molecule has 2 heteroatoms. The molecule has 1 nitrogen and oxygen atoms in total. The van der Waals surface area contributed by atoms with Crippen LogP contribution in [0, 0.1) is 46.3 Å². The van der Waals surface area contributed by atoms with Gasteiger partial charge in [0.25, 0.3) is 0 Å². The molecule has 0 saturated heterocycles. The SMILES string of the molecule is CC12[CH-]CC(CC1)C2(C)C.CC12[CH-]CC(CC1)C2(C)C.O.[Ti+2]. The Labute approximate surface area is 153 Å². The van der Waals surface area contributed by atoms with Crippen molar-refractivity contribution in [3.05, 3.63) is 12.8 Å². The molecule has 0 radical (unpaired) electrons. The van der Waals surface area contributed by atoms with E-state index in [1.54, 1.807) is 0 Å². The van der Waals surface area contributed by atoms with E-state index in [1.807, 2.05) is 0 Å². The molecule has 4 fully saturated rings. The zero-order chi connectivity index (χ0) is 14.8. The second kappa shape index (κ2) is 6.19. The van der Waals surface area contributed by atoms with Crippen LogP contribution in [-0.4, -0.2) is 5.48 Å². The molecule has 4 aliphatic rings. The van der Waals surface area contributed by atoms with Gasteiger partial charge in [0.1, 0.15) is 0 Å². The van der Waals surface area contributed by atoms with Crippen LogP contribution in [0.5, 0.6) is 0 Å². The molecule has 22 heavy (non-hydrogen) atoms. The second-order valence-corrected chi connectivity index (χ2v) is 9.63. The molecule has 0 aliphatic heterocycles. The number of fused-ring (bicyclic) bond motifs is 4. The second-order valence-electron chi connectivity index (χ2n) is 9.63. The molecule has 0 spiro atoms. The third kappa shape index (κ3) is 2.68. The summed E-state index contributed by atoms with van der Waals surface area (Å²) in [5.41, 5.74) is 2.37. The van der Waals surface area contributed by atoms with E-state index in [0.717, 1.165) is 11.8 Å². The van der Waals surface area contributed by atoms with Gasteiger partial charge in [0.2, 0.25) is 0 Å². The minimum absolute atomic E-state index is 0. The van der Waals surface area contributed by atoms with Gasteiger partial charge in [-0.25, -0.2) is 0 Å². The normalized spacial score (nSPS) is 45.5. The van der Waals surface area contributed by atoms with E-state index in [0.29, 0.717) is 21.7 Å². The van der Waals surface area contributed by atoms with Crippen molar-refractivity contribution in [2.24, 2.45) is 33.5 Å². The molecule has 4 saturated carbocycles. The summed E-state index contributed by atoms with van der Waals surface area (Å²) in [5.74, 6) is 2.00. The largest absolute Gasteiger partial charge is 2.00 e. The average molecular weight is 340 g/mol. The van der Waals surface area contributed by atoms with E-state index in [4.69, 9.17) is 0 Å². The molecule has 0 aromatic rings. The van der Waals surface area contributed by atoms with Crippen molar-refractivity contribution in [3.63, 3.8) is 0 Å². The Morgan fingerprint density at radius 1 is 0.682 bits per heavy atom. The van der Waals surface area contributed by atoms with Crippen LogP contribution >= 0.6 is 0 Å².